The van der Waals surface area contributed by atoms with E-state index in [1.54, 1.807) is 11.6 Å². The van der Waals surface area contributed by atoms with Crippen LogP contribution in [0.2, 0.25) is 0 Å². The van der Waals surface area contributed by atoms with Crippen molar-refractivity contribution in [1.29, 1.82) is 0 Å². The van der Waals surface area contributed by atoms with Gasteiger partial charge in [0.15, 0.2) is 0 Å². The van der Waals surface area contributed by atoms with Crippen LogP contribution in [0, 0.1) is 13.8 Å². The van der Waals surface area contributed by atoms with E-state index in [2.05, 4.69) is 32.1 Å². The molecule has 31 heavy (non-hydrogen) atoms. The molecule has 3 aromatic rings. The third-order valence-electron chi connectivity index (χ3n) is 5.83. The molecule has 0 atom stereocenters. The zero-order valence-electron chi connectivity index (χ0n) is 18.5. The Hall–Kier alpha value is -2.65. The van der Waals surface area contributed by atoms with Gasteiger partial charge in [-0.1, -0.05) is 23.9 Å². The minimum absolute atomic E-state index is 0.140. The number of carbonyl (C=O) groups excluding carboxylic acids is 1. The number of hydrogen-bond acceptors (Lipinski definition) is 7. The third-order valence-corrected chi connectivity index (χ3v) is 6.37. The summed E-state index contributed by atoms with van der Waals surface area (Å²) >= 11 is 1.48. The van der Waals surface area contributed by atoms with Gasteiger partial charge in [-0.15, -0.1) is 5.10 Å². The molecule has 0 bridgehead atoms. The van der Waals surface area contributed by atoms with E-state index in [4.69, 9.17) is 4.74 Å². The molecule has 0 N–H and O–H groups in total. The number of rotatable bonds is 6. The van der Waals surface area contributed by atoms with Crippen LogP contribution in [0.3, 0.4) is 0 Å². The first kappa shape index (κ1) is 21.6. The number of aryl methyl sites for hydroxylation is 2. The van der Waals surface area contributed by atoms with E-state index >= 15 is 0 Å². The fourth-order valence-electron chi connectivity index (χ4n) is 3.94. The maximum Gasteiger partial charge on any atom is 0.253 e. The maximum atomic E-state index is 13.0. The Morgan fingerprint density at radius 1 is 1.10 bits per heavy atom. The van der Waals surface area contributed by atoms with E-state index in [0.29, 0.717) is 17.4 Å². The number of methoxy groups -OCH3 is 1. The largest absolute Gasteiger partial charge is 0.497 e. The summed E-state index contributed by atoms with van der Waals surface area (Å²) in [6.07, 6.45) is 2.28. The highest BCUT2D eigenvalue weighted by Gasteiger charge is 2.23. The van der Waals surface area contributed by atoms with Gasteiger partial charge in [0.05, 0.1) is 13.5 Å². The molecular formula is C22H28N6O2S. The molecule has 0 saturated carbocycles. The SMILES string of the molecule is COc1ccc(CN2CCN(C(=O)Cc3c(C)nc4nc(SC)nn4c3C)CC2)cc1. The molecule has 1 aliphatic heterocycles. The highest BCUT2D eigenvalue weighted by molar-refractivity contribution is 7.98. The Labute approximate surface area is 186 Å². The van der Waals surface area contributed by atoms with Crippen LogP contribution in [-0.2, 0) is 17.8 Å². The smallest absolute Gasteiger partial charge is 0.253 e. The highest BCUT2D eigenvalue weighted by Crippen LogP contribution is 2.19. The molecule has 0 radical (unpaired) electrons. The number of fused-ring (bicyclic) bond motifs is 1. The van der Waals surface area contributed by atoms with Crippen molar-refractivity contribution >= 4 is 23.4 Å². The summed E-state index contributed by atoms with van der Waals surface area (Å²) in [5.41, 5.74) is 3.97. The van der Waals surface area contributed by atoms with Gasteiger partial charge in [0.1, 0.15) is 5.75 Å². The van der Waals surface area contributed by atoms with E-state index in [0.717, 1.165) is 55.4 Å². The minimum atomic E-state index is 0.140. The lowest BCUT2D eigenvalue weighted by Gasteiger charge is -2.35. The van der Waals surface area contributed by atoms with Crippen LogP contribution in [0.25, 0.3) is 5.78 Å². The number of carbonyl (C=O) groups is 1. The third kappa shape index (κ3) is 4.67. The first-order valence-corrected chi connectivity index (χ1v) is 11.6. The average Bonchev–Trinajstić information content (AvgIpc) is 3.21. The number of benzene rings is 1. The summed E-state index contributed by atoms with van der Waals surface area (Å²) in [6, 6.07) is 8.17. The number of ether oxygens (including phenoxy) is 1. The molecule has 4 rings (SSSR count). The van der Waals surface area contributed by atoms with Gasteiger partial charge >= 0.3 is 0 Å². The molecule has 164 valence electrons. The van der Waals surface area contributed by atoms with E-state index in [1.165, 1.54) is 17.3 Å². The van der Waals surface area contributed by atoms with Crippen LogP contribution in [0.1, 0.15) is 22.5 Å². The maximum absolute atomic E-state index is 13.0. The first-order valence-electron chi connectivity index (χ1n) is 10.4. The average molecular weight is 441 g/mol. The van der Waals surface area contributed by atoms with Crippen LogP contribution >= 0.6 is 11.8 Å². The summed E-state index contributed by atoms with van der Waals surface area (Å²) in [7, 11) is 1.68. The van der Waals surface area contributed by atoms with Gasteiger partial charge in [0.2, 0.25) is 11.1 Å². The van der Waals surface area contributed by atoms with Crippen molar-refractivity contribution in [1.82, 2.24) is 29.4 Å². The molecule has 1 fully saturated rings. The van der Waals surface area contributed by atoms with Crippen LogP contribution < -0.4 is 4.74 Å². The predicted molar refractivity (Wildman–Crippen MR) is 121 cm³/mol. The van der Waals surface area contributed by atoms with E-state index in [-0.39, 0.29) is 5.91 Å². The Morgan fingerprint density at radius 2 is 1.81 bits per heavy atom. The monoisotopic (exact) mass is 440 g/mol. The van der Waals surface area contributed by atoms with Crippen molar-refractivity contribution in [3.63, 3.8) is 0 Å². The molecule has 9 heteroatoms. The number of aromatic nitrogens is 4. The van der Waals surface area contributed by atoms with Gasteiger partial charge in [0, 0.05) is 49.7 Å². The second-order valence-electron chi connectivity index (χ2n) is 7.75. The second-order valence-corrected chi connectivity index (χ2v) is 8.53. The summed E-state index contributed by atoms with van der Waals surface area (Å²) in [6.45, 7) is 8.02. The molecule has 3 heterocycles. The lowest BCUT2D eigenvalue weighted by molar-refractivity contribution is -0.132. The Bertz CT molecular complexity index is 1070. The molecule has 1 saturated heterocycles. The van der Waals surface area contributed by atoms with Gasteiger partial charge in [-0.2, -0.15) is 4.98 Å². The van der Waals surface area contributed by atoms with Crippen molar-refractivity contribution in [2.24, 2.45) is 0 Å². The summed E-state index contributed by atoms with van der Waals surface area (Å²) in [5, 5.41) is 5.17. The van der Waals surface area contributed by atoms with E-state index in [9.17, 15) is 4.79 Å². The number of amides is 1. The molecule has 1 aliphatic rings. The van der Waals surface area contributed by atoms with Crippen LogP contribution in [0.5, 0.6) is 5.75 Å². The fraction of sp³-hybridized carbons (Fsp3) is 0.455. The first-order chi connectivity index (χ1) is 15.0. The standard InChI is InChI=1S/C22H28N6O2S/c1-15-19(16(2)28-21(23-15)24-22(25-28)31-4)13-20(29)27-11-9-26(10-12-27)14-17-5-7-18(30-3)8-6-17/h5-8H,9-14H2,1-4H3. The number of thioether (sulfide) groups is 1. The number of nitrogens with zero attached hydrogens (tertiary/aromatic N) is 6. The second kappa shape index (κ2) is 9.23. The van der Waals surface area contributed by atoms with E-state index < -0.39 is 0 Å². The summed E-state index contributed by atoms with van der Waals surface area (Å²) in [4.78, 5) is 26.3. The highest BCUT2D eigenvalue weighted by atomic mass is 32.2. The van der Waals surface area contributed by atoms with Crippen molar-refractivity contribution in [3.8, 4) is 5.75 Å². The fourth-order valence-corrected chi connectivity index (χ4v) is 4.28. The van der Waals surface area contributed by atoms with Crippen molar-refractivity contribution in [2.75, 3.05) is 39.5 Å². The van der Waals surface area contributed by atoms with Crippen LogP contribution in [0.15, 0.2) is 29.4 Å². The lowest BCUT2D eigenvalue weighted by Crippen LogP contribution is -2.48. The van der Waals surface area contributed by atoms with Gasteiger partial charge in [-0.25, -0.2) is 9.50 Å². The summed E-state index contributed by atoms with van der Waals surface area (Å²) < 4.78 is 6.97. The number of hydrogen-bond donors (Lipinski definition) is 0. The normalized spacial score (nSPS) is 14.9. The zero-order valence-corrected chi connectivity index (χ0v) is 19.3. The zero-order chi connectivity index (χ0) is 22.0. The molecule has 2 aromatic heterocycles. The van der Waals surface area contributed by atoms with E-state index in [1.807, 2.05) is 37.1 Å². The predicted octanol–water partition coefficient (Wildman–Crippen LogP) is 2.36. The Balaban J connectivity index is 1.37. The van der Waals surface area contributed by atoms with Crippen molar-refractivity contribution < 1.29 is 9.53 Å². The van der Waals surface area contributed by atoms with Gasteiger partial charge in [-0.05, 0) is 37.8 Å². The molecule has 0 spiro atoms. The minimum Gasteiger partial charge on any atom is -0.497 e. The van der Waals surface area contributed by atoms with Gasteiger partial charge in [-0.3, -0.25) is 9.69 Å². The van der Waals surface area contributed by atoms with Crippen LogP contribution in [-0.4, -0.2) is 74.8 Å². The van der Waals surface area contributed by atoms with Crippen molar-refractivity contribution in [3.05, 3.63) is 46.8 Å². The molecule has 1 aromatic carbocycles. The quantitative estimate of drug-likeness (QED) is 0.545. The summed E-state index contributed by atoms with van der Waals surface area (Å²) in [5.74, 6) is 1.59. The van der Waals surface area contributed by atoms with Crippen LogP contribution in [0.4, 0.5) is 0 Å². The molecule has 0 unspecified atom stereocenters. The molecular weight excluding hydrogens is 412 g/mol. The topological polar surface area (TPSA) is 75.9 Å². The molecule has 0 aliphatic carbocycles. The Kier molecular flexibility index (Phi) is 6.43. The van der Waals surface area contributed by atoms with Crippen molar-refractivity contribution in [2.45, 2.75) is 32.0 Å². The van der Waals surface area contributed by atoms with Gasteiger partial charge < -0.3 is 9.64 Å². The van der Waals surface area contributed by atoms with Gasteiger partial charge in [0.25, 0.3) is 5.78 Å². The Morgan fingerprint density at radius 3 is 2.45 bits per heavy atom. The lowest BCUT2D eigenvalue weighted by atomic mass is 10.1. The number of piperazine rings is 1. The molecule has 1 amide bonds. The molecule has 8 nitrogen and oxygen atoms in total.